The van der Waals surface area contributed by atoms with E-state index in [2.05, 4.69) is 0 Å². The van der Waals surface area contributed by atoms with Crippen LogP contribution in [0.15, 0.2) is 0 Å². The van der Waals surface area contributed by atoms with Crippen LogP contribution in [0.1, 0.15) is 0 Å². The number of hydrogen-bond acceptors (Lipinski definition) is 0. The van der Waals surface area contributed by atoms with Crippen LogP contribution in [0.4, 0.5) is 0 Å². The summed E-state index contributed by atoms with van der Waals surface area (Å²) < 4.78 is 0. The van der Waals surface area contributed by atoms with Gasteiger partial charge in [-0.1, -0.05) is 0 Å². The molecule has 8 heavy (non-hydrogen) atoms. The van der Waals surface area contributed by atoms with E-state index in [-0.39, 0.29) is 114 Å². The van der Waals surface area contributed by atoms with E-state index in [0.29, 0.717) is 0 Å². The first-order valence-corrected chi connectivity index (χ1v) is 0. The Morgan fingerprint density at radius 2 is 0.375 bits per heavy atom. The van der Waals surface area contributed by atoms with E-state index in [0.717, 1.165) is 0 Å². The van der Waals surface area contributed by atoms with Crippen LogP contribution < -0.4 is 74.4 Å². The number of rotatable bonds is 0. The minimum absolute atomic E-state index is 0. The maximum absolute atomic E-state index is 0. The van der Waals surface area contributed by atoms with Crippen molar-refractivity contribution in [2.75, 3.05) is 0 Å². The molecule has 0 aliphatic rings. The van der Waals surface area contributed by atoms with Crippen LogP contribution in [0, 0.1) is 0 Å². The summed E-state index contributed by atoms with van der Waals surface area (Å²) in [5, 5.41) is 0. The summed E-state index contributed by atoms with van der Waals surface area (Å²) in [6.07, 6.45) is 0. The van der Waals surface area contributed by atoms with Crippen molar-refractivity contribution in [2.45, 2.75) is 0 Å². The van der Waals surface area contributed by atoms with Crippen LogP contribution >= 0.6 is 0 Å². The quantitative estimate of drug-likeness (QED) is 0.310. The minimum Gasteiger partial charge on any atom is -1.00 e. The van der Waals surface area contributed by atoms with E-state index < -0.39 is 0 Å². The number of hydrogen-bond donors (Lipinski definition) is 0. The van der Waals surface area contributed by atoms with Gasteiger partial charge in [0.1, 0.15) is 0 Å². The van der Waals surface area contributed by atoms with Gasteiger partial charge in [-0.15, -0.1) is 0 Å². The molecule has 0 aromatic heterocycles. The van der Waals surface area contributed by atoms with Gasteiger partial charge in [0.05, 0.1) is 0 Å². The maximum atomic E-state index is 0. The summed E-state index contributed by atoms with van der Waals surface area (Å²) in [7, 11) is 0. The third-order valence-corrected chi connectivity index (χ3v) is 0. The molecule has 0 fully saturated rings. The fourth-order valence-corrected chi connectivity index (χ4v) is 0. The zero-order chi connectivity index (χ0) is 0. The SMILES string of the molecule is [Cl-].[Cl-].[Cl-].[Cl-].[Cl-].[Cl-].[Os+4].[Zn+2]. The summed E-state index contributed by atoms with van der Waals surface area (Å²) in [6.45, 7) is 0. The molecule has 0 saturated heterocycles. The van der Waals surface area contributed by atoms with Crippen molar-refractivity contribution in [1.29, 1.82) is 0 Å². The van der Waals surface area contributed by atoms with Crippen LogP contribution in [0.3, 0.4) is 0 Å². The van der Waals surface area contributed by atoms with Gasteiger partial charge < -0.3 is 74.4 Å². The Bertz CT molecular complexity index is 8.49. The van der Waals surface area contributed by atoms with Crippen molar-refractivity contribution in [1.82, 2.24) is 0 Å². The predicted octanol–water partition coefficient (Wildman–Crippen LogP) is -18.0. The topological polar surface area (TPSA) is 0 Å². The molecule has 0 heterocycles. The molecule has 52 valence electrons. The fourth-order valence-electron chi connectivity index (χ4n) is 0. The fraction of sp³-hybridized carbons (Fsp3) is 0. The van der Waals surface area contributed by atoms with Gasteiger partial charge in [-0.25, -0.2) is 0 Å². The van der Waals surface area contributed by atoms with Gasteiger partial charge in [-0.05, 0) is 0 Å². The molecule has 0 nitrogen and oxygen atoms in total. The molecular formula is Cl6OsZn. The van der Waals surface area contributed by atoms with Crippen molar-refractivity contribution in [2.24, 2.45) is 0 Å². The monoisotopic (exact) mass is 466 g/mol. The first-order chi connectivity index (χ1) is 0. The van der Waals surface area contributed by atoms with Gasteiger partial charge in [-0.2, -0.15) is 0 Å². The summed E-state index contributed by atoms with van der Waals surface area (Å²) in [5.74, 6) is 0. The molecule has 0 N–H and O–H groups in total. The van der Waals surface area contributed by atoms with Gasteiger partial charge in [0.15, 0.2) is 0 Å². The summed E-state index contributed by atoms with van der Waals surface area (Å²) >= 11 is 0. The first kappa shape index (κ1) is 122. The Hall–Kier alpha value is 3.00. The normalized spacial score (nSPS) is 0. The largest absolute Gasteiger partial charge is 4.00 e. The minimum atomic E-state index is 0. The smallest absolute Gasteiger partial charge is 1.00 e. The summed E-state index contributed by atoms with van der Waals surface area (Å²) in [4.78, 5) is 0. The Labute approximate surface area is 112 Å². The third kappa shape index (κ3) is 64.0. The average Bonchev–Trinajstić information content (AvgIpc) is 0. The standard InChI is InChI=1S/6ClH.Os.Zn/h6*1H;;/q;;;;;;+4;+2/p-6. The third-order valence-electron chi connectivity index (χ3n) is 0. The molecule has 0 aliphatic carbocycles. The summed E-state index contributed by atoms with van der Waals surface area (Å²) in [5.41, 5.74) is 0. The van der Waals surface area contributed by atoms with E-state index in [4.69, 9.17) is 0 Å². The summed E-state index contributed by atoms with van der Waals surface area (Å²) in [6, 6.07) is 0. The van der Waals surface area contributed by atoms with Gasteiger partial charge >= 0.3 is 39.3 Å². The van der Waals surface area contributed by atoms with Gasteiger partial charge in [-0.3, -0.25) is 0 Å². The molecule has 0 bridgehead atoms. The molecule has 0 spiro atoms. The van der Waals surface area contributed by atoms with E-state index in [9.17, 15) is 0 Å². The van der Waals surface area contributed by atoms with Crippen molar-refractivity contribution in [3.8, 4) is 0 Å². The van der Waals surface area contributed by atoms with E-state index in [1.807, 2.05) is 0 Å². The molecule has 8 heteroatoms. The zero-order valence-corrected chi connectivity index (χ0v) is 13.4. The molecule has 0 radical (unpaired) electrons. The molecule has 0 unspecified atom stereocenters. The molecule has 0 aromatic carbocycles. The Morgan fingerprint density at radius 3 is 0.375 bits per heavy atom. The van der Waals surface area contributed by atoms with Crippen LogP contribution in [0.5, 0.6) is 0 Å². The van der Waals surface area contributed by atoms with Crippen molar-refractivity contribution >= 4 is 0 Å². The van der Waals surface area contributed by atoms with Crippen LogP contribution in [-0.2, 0) is 39.3 Å². The van der Waals surface area contributed by atoms with Crippen molar-refractivity contribution in [3.63, 3.8) is 0 Å². The van der Waals surface area contributed by atoms with E-state index in [1.54, 1.807) is 0 Å². The predicted molar refractivity (Wildman–Crippen MR) is 0 cm³/mol. The Morgan fingerprint density at radius 1 is 0.375 bits per heavy atom. The van der Waals surface area contributed by atoms with E-state index in [1.165, 1.54) is 0 Å². The second-order valence-corrected chi connectivity index (χ2v) is 0. The molecule has 0 amide bonds. The average molecular weight is 468 g/mol. The molecule has 0 atom stereocenters. The van der Waals surface area contributed by atoms with Crippen LogP contribution in [0.2, 0.25) is 0 Å². The van der Waals surface area contributed by atoms with Crippen molar-refractivity contribution < 1.29 is 114 Å². The second kappa shape index (κ2) is 90.0. The Balaban J connectivity index is 0. The Kier molecular flexibility index (Phi) is 1380. The van der Waals surface area contributed by atoms with Gasteiger partial charge in [0.25, 0.3) is 0 Å². The zero-order valence-electron chi connectivity index (χ0n) is 3.33. The van der Waals surface area contributed by atoms with Crippen LogP contribution in [0.25, 0.3) is 0 Å². The van der Waals surface area contributed by atoms with Crippen molar-refractivity contribution in [3.05, 3.63) is 0 Å². The molecular weight excluding hydrogens is 468 g/mol. The second-order valence-electron chi connectivity index (χ2n) is 0. The van der Waals surface area contributed by atoms with E-state index >= 15 is 0 Å². The molecule has 0 saturated carbocycles. The number of halogens is 6. The molecule has 0 rings (SSSR count). The van der Waals surface area contributed by atoms with Gasteiger partial charge in [0.2, 0.25) is 0 Å². The molecule has 0 aromatic rings. The first-order valence-electron chi connectivity index (χ1n) is 0. The maximum Gasteiger partial charge on any atom is 4.00 e. The molecule has 0 aliphatic heterocycles. The van der Waals surface area contributed by atoms with Crippen LogP contribution in [-0.4, -0.2) is 0 Å². The van der Waals surface area contributed by atoms with Gasteiger partial charge in [0, 0.05) is 0 Å².